The van der Waals surface area contributed by atoms with Crippen LogP contribution in [0.2, 0.25) is 0 Å². The first kappa shape index (κ1) is 31.0. The predicted octanol–water partition coefficient (Wildman–Crippen LogP) is 7.94. The smallest absolute Gasteiger partial charge is 0.416 e. The second kappa shape index (κ2) is 11.9. The average molecular weight is 621 g/mol. The summed E-state index contributed by atoms with van der Waals surface area (Å²) in [5, 5.41) is 39.1. The number of phenolic OH excluding ortho intramolecular Hbond substituents is 2. The van der Waals surface area contributed by atoms with Crippen molar-refractivity contribution in [3.8, 4) is 23.0 Å². The van der Waals surface area contributed by atoms with Gasteiger partial charge < -0.3 is 29.9 Å². The fourth-order valence-electron chi connectivity index (χ4n) is 5.05. The number of phenols is 2. The molecule has 4 aromatic rings. The van der Waals surface area contributed by atoms with E-state index in [1.807, 2.05) is 0 Å². The van der Waals surface area contributed by atoms with E-state index in [1.165, 1.54) is 60.7 Å². The Labute approximate surface area is 247 Å². The molecule has 0 bridgehead atoms. The van der Waals surface area contributed by atoms with Gasteiger partial charge in [0.2, 0.25) is 0 Å². The molecule has 4 N–H and O–H groups in total. The van der Waals surface area contributed by atoms with E-state index in [0.29, 0.717) is 33.8 Å². The number of ether oxygens (including phenoxy) is 2. The number of hydrogen-bond acceptors (Lipinski definition) is 6. The lowest BCUT2D eigenvalue weighted by molar-refractivity contribution is -0.138. The monoisotopic (exact) mass is 620 g/mol. The molecule has 6 nitrogen and oxygen atoms in total. The lowest BCUT2D eigenvalue weighted by Crippen LogP contribution is -2.19. The number of fused-ring (bicyclic) bond motifs is 2. The molecule has 0 aromatic heterocycles. The van der Waals surface area contributed by atoms with Gasteiger partial charge in [-0.1, -0.05) is 24.3 Å². The van der Waals surface area contributed by atoms with Crippen LogP contribution in [0.1, 0.15) is 70.6 Å². The Morgan fingerprint density at radius 2 is 0.864 bits per heavy atom. The molecule has 0 spiro atoms. The fourth-order valence-corrected chi connectivity index (χ4v) is 5.05. The Kier molecular flexibility index (Phi) is 8.41. The molecule has 0 aliphatic carbocycles. The summed E-state index contributed by atoms with van der Waals surface area (Å²) in [7, 11) is 0. The number of aliphatic hydroxyl groups excluding tert-OH is 2. The number of rotatable bonds is 2. The average Bonchev–Trinajstić information content (AvgIpc) is 2.97. The molecule has 232 valence electrons. The van der Waals surface area contributed by atoms with Gasteiger partial charge in [-0.3, -0.25) is 0 Å². The highest BCUT2D eigenvalue weighted by Crippen LogP contribution is 2.44. The molecule has 4 aromatic carbocycles. The van der Waals surface area contributed by atoms with Gasteiger partial charge in [0.15, 0.2) is 0 Å². The molecule has 0 fully saturated rings. The van der Waals surface area contributed by atoms with Gasteiger partial charge in [0.25, 0.3) is 0 Å². The Morgan fingerprint density at radius 1 is 0.523 bits per heavy atom. The minimum atomic E-state index is -4.38. The van der Waals surface area contributed by atoms with Crippen molar-refractivity contribution in [2.24, 2.45) is 0 Å². The second-order valence-electron chi connectivity index (χ2n) is 10.4. The maximum absolute atomic E-state index is 12.6. The van der Waals surface area contributed by atoms with Crippen LogP contribution < -0.4 is 9.47 Å². The van der Waals surface area contributed by atoms with Crippen LogP contribution in [0.4, 0.5) is 26.3 Å². The zero-order valence-electron chi connectivity index (χ0n) is 22.7. The minimum Gasteiger partial charge on any atom is -0.508 e. The molecule has 6 rings (SSSR count). The van der Waals surface area contributed by atoms with Crippen molar-refractivity contribution in [3.05, 3.63) is 118 Å². The van der Waals surface area contributed by atoms with E-state index in [-0.39, 0.29) is 24.3 Å². The standard InChI is InChI=1S/2C16H13F3O3/c2*17-16(18,19)10-3-1-9(2-4-10)15-8-13(21)12-7-11(20)5-6-14(12)22-15/h2*1-7,13,15,20-21H,8H2. The van der Waals surface area contributed by atoms with Crippen molar-refractivity contribution in [1.29, 1.82) is 0 Å². The van der Waals surface area contributed by atoms with Crippen molar-refractivity contribution < 1.29 is 56.2 Å². The van der Waals surface area contributed by atoms with Crippen molar-refractivity contribution in [2.75, 3.05) is 0 Å². The zero-order chi connectivity index (χ0) is 31.8. The van der Waals surface area contributed by atoms with Crippen LogP contribution in [0, 0.1) is 0 Å². The first-order chi connectivity index (χ1) is 20.7. The summed E-state index contributed by atoms with van der Waals surface area (Å²) in [6.45, 7) is 0. The molecular weight excluding hydrogens is 594 g/mol. The van der Waals surface area contributed by atoms with Gasteiger partial charge >= 0.3 is 12.4 Å². The third-order valence-corrected chi connectivity index (χ3v) is 7.34. The molecular formula is C32H26F6O6. The summed E-state index contributed by atoms with van der Waals surface area (Å²) in [5.74, 6) is 0.881. The molecule has 0 saturated carbocycles. The van der Waals surface area contributed by atoms with Crippen molar-refractivity contribution in [3.63, 3.8) is 0 Å². The summed E-state index contributed by atoms with van der Waals surface area (Å²) >= 11 is 0. The lowest BCUT2D eigenvalue weighted by atomic mass is 9.94. The maximum atomic E-state index is 12.6. The maximum Gasteiger partial charge on any atom is 0.416 e. The largest absolute Gasteiger partial charge is 0.508 e. The van der Waals surface area contributed by atoms with E-state index < -0.39 is 47.9 Å². The second-order valence-corrected chi connectivity index (χ2v) is 10.4. The third-order valence-electron chi connectivity index (χ3n) is 7.34. The molecule has 2 heterocycles. The first-order valence-corrected chi connectivity index (χ1v) is 13.4. The van der Waals surface area contributed by atoms with E-state index in [9.17, 15) is 46.8 Å². The SMILES string of the molecule is Oc1ccc2c(c1)C(O)CC(c1ccc(C(F)(F)F)cc1)O2.Oc1ccc2c(c1)C(O)CC(c1ccc(C(F)(F)F)cc1)O2. The number of alkyl halides is 6. The molecule has 4 unspecified atom stereocenters. The van der Waals surface area contributed by atoms with Gasteiger partial charge in [0.1, 0.15) is 35.2 Å². The van der Waals surface area contributed by atoms with Gasteiger partial charge in [-0.15, -0.1) is 0 Å². The molecule has 0 saturated heterocycles. The van der Waals surface area contributed by atoms with Crippen molar-refractivity contribution >= 4 is 0 Å². The molecule has 2 aliphatic heterocycles. The van der Waals surface area contributed by atoms with Crippen molar-refractivity contribution in [2.45, 2.75) is 49.6 Å². The number of aromatic hydroxyl groups is 2. The molecule has 0 radical (unpaired) electrons. The van der Waals surface area contributed by atoms with E-state index in [4.69, 9.17) is 9.47 Å². The van der Waals surface area contributed by atoms with Gasteiger partial charge in [0.05, 0.1) is 23.3 Å². The van der Waals surface area contributed by atoms with Crippen LogP contribution >= 0.6 is 0 Å². The van der Waals surface area contributed by atoms with Gasteiger partial charge in [0, 0.05) is 24.0 Å². The van der Waals surface area contributed by atoms with Crippen LogP contribution in [0.15, 0.2) is 84.9 Å². The Hall–Kier alpha value is -4.42. The summed E-state index contributed by atoms with van der Waals surface area (Å²) in [6.07, 6.45) is -11.1. The van der Waals surface area contributed by atoms with E-state index in [1.54, 1.807) is 0 Å². The number of halogens is 6. The normalized spacial score (nSPS) is 21.1. The summed E-state index contributed by atoms with van der Waals surface area (Å²) in [5.41, 5.74) is 0.624. The highest BCUT2D eigenvalue weighted by atomic mass is 19.4. The minimum absolute atomic E-state index is 0.0226. The van der Waals surface area contributed by atoms with E-state index >= 15 is 0 Å². The zero-order valence-corrected chi connectivity index (χ0v) is 22.7. The Bertz CT molecular complexity index is 1480. The Balaban J connectivity index is 0.000000175. The summed E-state index contributed by atoms with van der Waals surface area (Å²) < 4.78 is 86.8. The lowest BCUT2D eigenvalue weighted by Gasteiger charge is -2.30. The number of hydrogen-bond donors (Lipinski definition) is 4. The fraction of sp³-hybridized carbons (Fsp3) is 0.250. The summed E-state index contributed by atoms with van der Waals surface area (Å²) in [4.78, 5) is 0. The first-order valence-electron chi connectivity index (χ1n) is 13.4. The molecule has 0 amide bonds. The molecule has 2 aliphatic rings. The topological polar surface area (TPSA) is 99.4 Å². The van der Waals surface area contributed by atoms with Gasteiger partial charge in [-0.2, -0.15) is 26.3 Å². The number of aliphatic hydroxyl groups is 2. The van der Waals surface area contributed by atoms with Crippen LogP contribution in [0.5, 0.6) is 23.0 Å². The van der Waals surface area contributed by atoms with Gasteiger partial charge in [-0.05, 0) is 71.8 Å². The highest BCUT2D eigenvalue weighted by molar-refractivity contribution is 5.44. The van der Waals surface area contributed by atoms with Crippen LogP contribution in [0.25, 0.3) is 0 Å². The third kappa shape index (κ3) is 6.87. The van der Waals surface area contributed by atoms with E-state index in [2.05, 4.69) is 0 Å². The van der Waals surface area contributed by atoms with Crippen LogP contribution in [0.3, 0.4) is 0 Å². The molecule has 12 heteroatoms. The van der Waals surface area contributed by atoms with Crippen LogP contribution in [-0.4, -0.2) is 20.4 Å². The van der Waals surface area contributed by atoms with Crippen molar-refractivity contribution in [1.82, 2.24) is 0 Å². The Morgan fingerprint density at radius 3 is 1.18 bits per heavy atom. The van der Waals surface area contributed by atoms with Gasteiger partial charge in [-0.25, -0.2) is 0 Å². The van der Waals surface area contributed by atoms with E-state index in [0.717, 1.165) is 24.3 Å². The highest BCUT2D eigenvalue weighted by Gasteiger charge is 2.33. The quantitative estimate of drug-likeness (QED) is 0.170. The molecule has 4 atom stereocenters. The summed E-state index contributed by atoms with van der Waals surface area (Å²) in [6, 6.07) is 18.2. The molecule has 44 heavy (non-hydrogen) atoms. The number of benzene rings is 4. The predicted molar refractivity (Wildman–Crippen MR) is 145 cm³/mol. The van der Waals surface area contributed by atoms with Crippen LogP contribution in [-0.2, 0) is 12.4 Å².